The third-order valence-electron chi connectivity index (χ3n) is 2.01. The van der Waals surface area contributed by atoms with Crippen LogP contribution in [0.3, 0.4) is 0 Å². The van der Waals surface area contributed by atoms with Gasteiger partial charge in [-0.2, -0.15) is 0 Å². The molecule has 86 valence electrons. The molecule has 0 saturated heterocycles. The second kappa shape index (κ2) is 3.97. The van der Waals surface area contributed by atoms with Gasteiger partial charge in [-0.1, -0.05) is 15.9 Å². The van der Waals surface area contributed by atoms with Gasteiger partial charge >= 0.3 is 6.36 Å². The first-order chi connectivity index (χ1) is 7.51. The van der Waals surface area contributed by atoms with E-state index in [2.05, 4.69) is 30.6 Å². The summed E-state index contributed by atoms with van der Waals surface area (Å²) in [6.07, 6.45) is -3.27. The average Bonchev–Trinajstić information content (AvgIpc) is 2.62. The van der Waals surface area contributed by atoms with Gasteiger partial charge in [0.25, 0.3) is 0 Å². The number of benzene rings is 1. The van der Waals surface area contributed by atoms with Crippen LogP contribution in [0.15, 0.2) is 18.5 Å². The maximum absolute atomic E-state index is 12.1. The lowest BCUT2D eigenvalue weighted by Crippen LogP contribution is -2.18. The van der Waals surface area contributed by atoms with Gasteiger partial charge in [0.15, 0.2) is 0 Å². The zero-order chi connectivity index (χ0) is 11.8. The number of hydrogen-bond donors (Lipinski definition) is 1. The van der Waals surface area contributed by atoms with Crippen LogP contribution in [0, 0.1) is 0 Å². The second-order valence-electron chi connectivity index (χ2n) is 3.02. The number of rotatable bonds is 2. The molecule has 16 heavy (non-hydrogen) atoms. The highest BCUT2D eigenvalue weighted by Crippen LogP contribution is 2.32. The predicted molar refractivity (Wildman–Crippen MR) is 55.4 cm³/mol. The number of fused-ring (bicyclic) bond motifs is 1. The number of aromatic amines is 1. The van der Waals surface area contributed by atoms with Gasteiger partial charge < -0.3 is 9.72 Å². The Hall–Kier alpha value is -1.24. The summed E-state index contributed by atoms with van der Waals surface area (Å²) < 4.78 is 40.3. The summed E-state index contributed by atoms with van der Waals surface area (Å²) in [7, 11) is 0. The maximum atomic E-state index is 12.1. The van der Waals surface area contributed by atoms with Gasteiger partial charge in [-0.25, -0.2) is 4.98 Å². The summed E-state index contributed by atoms with van der Waals surface area (Å²) in [4.78, 5) is 6.76. The first-order valence-corrected chi connectivity index (χ1v) is 5.40. The fourth-order valence-electron chi connectivity index (χ4n) is 1.40. The molecule has 0 fully saturated rings. The van der Waals surface area contributed by atoms with E-state index in [1.54, 1.807) is 0 Å². The zero-order valence-electron chi connectivity index (χ0n) is 7.81. The number of aromatic nitrogens is 2. The van der Waals surface area contributed by atoms with E-state index in [1.165, 1.54) is 18.5 Å². The van der Waals surface area contributed by atoms with Crippen molar-refractivity contribution in [2.45, 2.75) is 11.7 Å². The summed E-state index contributed by atoms with van der Waals surface area (Å²) in [5.74, 6) is -0.232. The van der Waals surface area contributed by atoms with Crippen LogP contribution in [0.1, 0.15) is 5.56 Å². The summed E-state index contributed by atoms with van der Waals surface area (Å²) in [5.41, 5.74) is 1.51. The summed E-state index contributed by atoms with van der Waals surface area (Å²) in [6.45, 7) is 0. The molecule has 0 amide bonds. The van der Waals surface area contributed by atoms with E-state index in [1.807, 2.05) is 0 Å². The van der Waals surface area contributed by atoms with Crippen molar-refractivity contribution >= 4 is 27.0 Å². The molecule has 0 aliphatic rings. The SMILES string of the molecule is FC(F)(F)Oc1ccc2[nH]cnc2c1CBr. The molecule has 0 unspecified atom stereocenters. The van der Waals surface area contributed by atoms with Crippen molar-refractivity contribution in [3.05, 3.63) is 24.0 Å². The van der Waals surface area contributed by atoms with Crippen LogP contribution < -0.4 is 4.74 Å². The van der Waals surface area contributed by atoms with E-state index in [-0.39, 0.29) is 11.1 Å². The van der Waals surface area contributed by atoms with Gasteiger partial charge in [-0.05, 0) is 12.1 Å². The van der Waals surface area contributed by atoms with Crippen LogP contribution in [-0.2, 0) is 5.33 Å². The minimum absolute atomic E-state index is 0.232. The van der Waals surface area contributed by atoms with Crippen LogP contribution in [0.2, 0.25) is 0 Å². The fourth-order valence-corrected chi connectivity index (χ4v) is 1.94. The molecule has 2 rings (SSSR count). The van der Waals surface area contributed by atoms with Crippen LogP contribution in [0.25, 0.3) is 11.0 Å². The number of ether oxygens (including phenoxy) is 1. The van der Waals surface area contributed by atoms with Gasteiger partial charge in [-0.3, -0.25) is 0 Å². The lowest BCUT2D eigenvalue weighted by molar-refractivity contribution is -0.274. The van der Waals surface area contributed by atoms with Crippen molar-refractivity contribution in [1.29, 1.82) is 0 Å². The molecule has 1 N–H and O–H groups in total. The smallest absolute Gasteiger partial charge is 0.405 e. The average molecular weight is 295 g/mol. The Morgan fingerprint density at radius 2 is 2.12 bits per heavy atom. The number of hydrogen-bond acceptors (Lipinski definition) is 2. The minimum atomic E-state index is -4.69. The Balaban J connectivity index is 2.52. The molecule has 0 saturated carbocycles. The molecule has 0 aliphatic carbocycles. The van der Waals surface area contributed by atoms with E-state index in [9.17, 15) is 13.2 Å². The Labute approximate surface area is 96.7 Å². The molecule has 0 atom stereocenters. The quantitative estimate of drug-likeness (QED) is 0.863. The first-order valence-electron chi connectivity index (χ1n) is 4.28. The third kappa shape index (κ3) is 2.13. The van der Waals surface area contributed by atoms with Gasteiger partial charge in [0.1, 0.15) is 5.75 Å². The lowest BCUT2D eigenvalue weighted by Gasteiger charge is -2.12. The van der Waals surface area contributed by atoms with Gasteiger partial charge in [0, 0.05) is 10.9 Å². The van der Waals surface area contributed by atoms with E-state index in [0.717, 1.165) is 0 Å². The largest absolute Gasteiger partial charge is 0.573 e. The Kier molecular flexibility index (Phi) is 2.79. The van der Waals surface area contributed by atoms with Gasteiger partial charge in [0.05, 0.1) is 17.4 Å². The molecular weight excluding hydrogens is 289 g/mol. The molecule has 1 heterocycles. The Bertz CT molecular complexity index is 509. The van der Waals surface area contributed by atoms with Crippen molar-refractivity contribution in [3.8, 4) is 5.75 Å². The second-order valence-corrected chi connectivity index (χ2v) is 3.58. The van der Waals surface area contributed by atoms with Gasteiger partial charge in [0.2, 0.25) is 0 Å². The summed E-state index contributed by atoms with van der Waals surface area (Å²) in [5, 5.41) is 0.237. The fraction of sp³-hybridized carbons (Fsp3) is 0.222. The normalized spacial score (nSPS) is 12.0. The number of nitrogens with one attached hydrogen (secondary N) is 1. The van der Waals surface area contributed by atoms with Crippen LogP contribution in [-0.4, -0.2) is 16.3 Å². The van der Waals surface area contributed by atoms with Crippen molar-refractivity contribution in [3.63, 3.8) is 0 Å². The summed E-state index contributed by atoms with van der Waals surface area (Å²) >= 11 is 3.12. The van der Waals surface area contributed by atoms with Crippen LogP contribution in [0.5, 0.6) is 5.75 Å². The number of nitrogens with zero attached hydrogens (tertiary/aromatic N) is 1. The molecule has 1 aromatic carbocycles. The van der Waals surface area contributed by atoms with Crippen molar-refractivity contribution in [2.24, 2.45) is 0 Å². The predicted octanol–water partition coefficient (Wildman–Crippen LogP) is 3.36. The zero-order valence-corrected chi connectivity index (χ0v) is 9.39. The molecule has 3 nitrogen and oxygen atoms in total. The summed E-state index contributed by atoms with van der Waals surface area (Å²) in [6, 6.07) is 2.76. The minimum Gasteiger partial charge on any atom is -0.405 e. The van der Waals surface area contributed by atoms with Gasteiger partial charge in [-0.15, -0.1) is 13.2 Å². The number of alkyl halides is 4. The number of imidazole rings is 1. The van der Waals surface area contributed by atoms with Crippen molar-refractivity contribution in [1.82, 2.24) is 9.97 Å². The highest BCUT2D eigenvalue weighted by atomic mass is 79.9. The third-order valence-corrected chi connectivity index (χ3v) is 2.57. The Morgan fingerprint density at radius 1 is 1.38 bits per heavy atom. The Morgan fingerprint density at radius 3 is 2.75 bits per heavy atom. The van der Waals surface area contributed by atoms with E-state index in [4.69, 9.17) is 0 Å². The van der Waals surface area contributed by atoms with Crippen molar-refractivity contribution < 1.29 is 17.9 Å². The molecule has 1 aromatic heterocycles. The van der Waals surface area contributed by atoms with Crippen molar-refractivity contribution in [2.75, 3.05) is 0 Å². The van der Waals surface area contributed by atoms with E-state index < -0.39 is 6.36 Å². The molecule has 2 aromatic rings. The first kappa shape index (κ1) is 11.3. The van der Waals surface area contributed by atoms with Crippen LogP contribution >= 0.6 is 15.9 Å². The maximum Gasteiger partial charge on any atom is 0.573 e. The molecule has 0 radical (unpaired) electrons. The monoisotopic (exact) mass is 294 g/mol. The molecule has 0 aliphatic heterocycles. The van der Waals surface area contributed by atoms with E-state index in [0.29, 0.717) is 16.6 Å². The standard InChI is InChI=1S/C9H6BrF3N2O/c10-3-5-7(16-9(11,12)13)2-1-6-8(5)15-4-14-6/h1-2,4H,3H2,(H,14,15). The molecule has 0 bridgehead atoms. The highest BCUT2D eigenvalue weighted by molar-refractivity contribution is 9.08. The highest BCUT2D eigenvalue weighted by Gasteiger charge is 2.32. The van der Waals surface area contributed by atoms with E-state index >= 15 is 0 Å². The van der Waals surface area contributed by atoms with Crippen LogP contribution in [0.4, 0.5) is 13.2 Å². The molecule has 0 spiro atoms. The molecular formula is C9H6BrF3N2O. The molecule has 7 heteroatoms. The topological polar surface area (TPSA) is 37.9 Å². The number of halogens is 4. The number of H-pyrrole nitrogens is 1. The lowest BCUT2D eigenvalue weighted by atomic mass is 10.2.